The number of fused-ring (bicyclic) bond motifs is 1. The standard InChI is InChI=1S/C26H20ClN5O3S/c27-24-23(36(34,35)30-15-17-7-3-1-4-8-17)14-19(16-29-24)18-11-12-22-21(13-18)25(33)32(26(28)31-22)20-9-5-2-6-10-20/h1-14,16,30H,15H2,(H2,28,31). The second kappa shape index (κ2) is 9.54. The van der Waals surface area contributed by atoms with Gasteiger partial charge in [0.25, 0.3) is 5.56 Å². The molecule has 0 radical (unpaired) electrons. The highest BCUT2D eigenvalue weighted by Crippen LogP contribution is 2.28. The molecule has 0 spiro atoms. The molecule has 0 bridgehead atoms. The SMILES string of the molecule is Nc1nc2ccc(-c3cnc(Cl)c(S(=O)(=O)NCc4ccccc4)c3)cc2c(=O)n1-c1ccccc1. The molecular formula is C26H20ClN5O3S. The maximum Gasteiger partial charge on any atom is 0.267 e. The number of anilines is 1. The Kier molecular flexibility index (Phi) is 6.27. The first-order valence-electron chi connectivity index (χ1n) is 10.9. The third-order valence-electron chi connectivity index (χ3n) is 5.65. The molecule has 10 heteroatoms. The van der Waals surface area contributed by atoms with E-state index in [0.29, 0.717) is 27.7 Å². The molecule has 5 aromatic rings. The highest BCUT2D eigenvalue weighted by molar-refractivity contribution is 7.89. The first kappa shape index (κ1) is 23.7. The summed E-state index contributed by atoms with van der Waals surface area (Å²) in [6.07, 6.45) is 1.46. The Morgan fingerprint density at radius 1 is 0.917 bits per heavy atom. The van der Waals surface area contributed by atoms with Gasteiger partial charge in [-0.2, -0.15) is 0 Å². The number of nitrogens with zero attached hydrogens (tertiary/aromatic N) is 3. The van der Waals surface area contributed by atoms with Crippen molar-refractivity contribution in [2.24, 2.45) is 0 Å². The van der Waals surface area contributed by atoms with Crippen molar-refractivity contribution in [3.63, 3.8) is 0 Å². The number of nitrogen functional groups attached to an aromatic ring is 1. The summed E-state index contributed by atoms with van der Waals surface area (Å²) in [6, 6.07) is 24.6. The van der Waals surface area contributed by atoms with Gasteiger partial charge in [0.2, 0.25) is 16.0 Å². The van der Waals surface area contributed by atoms with Gasteiger partial charge in [0.05, 0.1) is 16.6 Å². The van der Waals surface area contributed by atoms with Gasteiger partial charge >= 0.3 is 0 Å². The lowest BCUT2D eigenvalue weighted by atomic mass is 10.1. The fourth-order valence-corrected chi connectivity index (χ4v) is 5.31. The molecular weight excluding hydrogens is 498 g/mol. The molecule has 0 unspecified atom stereocenters. The van der Waals surface area contributed by atoms with Gasteiger partial charge in [-0.15, -0.1) is 0 Å². The number of nitrogens with one attached hydrogen (secondary N) is 1. The van der Waals surface area contributed by atoms with Crippen LogP contribution in [0.2, 0.25) is 5.15 Å². The van der Waals surface area contributed by atoms with Gasteiger partial charge in [0.15, 0.2) is 0 Å². The number of aromatic nitrogens is 3. The van der Waals surface area contributed by atoms with Crippen LogP contribution in [-0.2, 0) is 16.6 Å². The summed E-state index contributed by atoms with van der Waals surface area (Å²) in [5, 5.41) is 0.174. The predicted octanol–water partition coefficient (Wildman–Crippen LogP) is 4.16. The van der Waals surface area contributed by atoms with E-state index >= 15 is 0 Å². The Morgan fingerprint density at radius 3 is 2.33 bits per heavy atom. The smallest absolute Gasteiger partial charge is 0.267 e. The minimum absolute atomic E-state index is 0.0671. The largest absolute Gasteiger partial charge is 0.369 e. The number of sulfonamides is 1. The Hall–Kier alpha value is -4.05. The number of benzene rings is 3. The van der Waals surface area contributed by atoms with Crippen LogP contribution < -0.4 is 16.0 Å². The van der Waals surface area contributed by atoms with Crippen LogP contribution >= 0.6 is 11.6 Å². The molecule has 0 amide bonds. The Bertz CT molecular complexity index is 1740. The van der Waals surface area contributed by atoms with Crippen molar-refractivity contribution in [3.8, 4) is 16.8 Å². The van der Waals surface area contributed by atoms with Gasteiger partial charge in [0, 0.05) is 18.3 Å². The van der Waals surface area contributed by atoms with Gasteiger partial charge in [-0.25, -0.2) is 27.7 Å². The average molecular weight is 518 g/mol. The van der Waals surface area contributed by atoms with Crippen LogP contribution in [0.1, 0.15) is 5.56 Å². The number of halogens is 1. The van der Waals surface area contributed by atoms with E-state index in [1.807, 2.05) is 36.4 Å². The summed E-state index contributed by atoms with van der Waals surface area (Å²) < 4.78 is 29.9. The molecule has 0 atom stereocenters. The van der Waals surface area contributed by atoms with Crippen molar-refractivity contribution in [1.29, 1.82) is 0 Å². The summed E-state index contributed by atoms with van der Waals surface area (Å²) in [5.41, 5.74) is 8.60. The van der Waals surface area contributed by atoms with E-state index in [1.54, 1.807) is 42.5 Å². The molecule has 36 heavy (non-hydrogen) atoms. The average Bonchev–Trinajstić information content (AvgIpc) is 2.89. The quantitative estimate of drug-likeness (QED) is 0.326. The Balaban J connectivity index is 1.55. The van der Waals surface area contributed by atoms with Crippen LogP contribution in [0.4, 0.5) is 5.95 Å². The Labute approximate surface area is 212 Å². The molecule has 0 saturated carbocycles. The molecule has 5 rings (SSSR count). The zero-order valence-electron chi connectivity index (χ0n) is 18.8. The molecule has 0 aliphatic carbocycles. The van der Waals surface area contributed by atoms with E-state index in [4.69, 9.17) is 17.3 Å². The van der Waals surface area contributed by atoms with Gasteiger partial charge < -0.3 is 5.73 Å². The monoisotopic (exact) mass is 517 g/mol. The van der Waals surface area contributed by atoms with Gasteiger partial charge in [-0.05, 0) is 41.5 Å². The van der Waals surface area contributed by atoms with Crippen LogP contribution in [0.3, 0.4) is 0 Å². The first-order valence-corrected chi connectivity index (χ1v) is 12.8. The maximum atomic E-state index is 13.3. The van der Waals surface area contributed by atoms with Crippen molar-refractivity contribution in [3.05, 3.63) is 112 Å². The van der Waals surface area contributed by atoms with Crippen molar-refractivity contribution < 1.29 is 8.42 Å². The van der Waals surface area contributed by atoms with Crippen LogP contribution in [0.15, 0.2) is 101 Å². The summed E-state index contributed by atoms with van der Waals surface area (Å²) >= 11 is 6.17. The third kappa shape index (κ3) is 4.59. The molecule has 0 aliphatic heterocycles. The lowest BCUT2D eigenvalue weighted by Crippen LogP contribution is -2.24. The number of para-hydroxylation sites is 1. The fourth-order valence-electron chi connectivity index (χ4n) is 3.84. The zero-order valence-corrected chi connectivity index (χ0v) is 20.4. The van der Waals surface area contributed by atoms with E-state index in [2.05, 4.69) is 14.7 Å². The van der Waals surface area contributed by atoms with Crippen molar-refractivity contribution in [1.82, 2.24) is 19.3 Å². The van der Waals surface area contributed by atoms with Crippen molar-refractivity contribution >= 4 is 38.5 Å². The molecule has 3 N–H and O–H groups in total. The van der Waals surface area contributed by atoms with E-state index < -0.39 is 10.0 Å². The van der Waals surface area contributed by atoms with E-state index in [-0.39, 0.29) is 28.1 Å². The van der Waals surface area contributed by atoms with Crippen LogP contribution in [0.5, 0.6) is 0 Å². The second-order valence-electron chi connectivity index (χ2n) is 8.00. The highest BCUT2D eigenvalue weighted by atomic mass is 35.5. The Morgan fingerprint density at radius 2 is 1.61 bits per heavy atom. The lowest BCUT2D eigenvalue weighted by Gasteiger charge is -2.12. The third-order valence-corrected chi connectivity index (χ3v) is 7.48. The summed E-state index contributed by atoms with van der Waals surface area (Å²) in [6.45, 7) is 0.103. The topological polar surface area (TPSA) is 120 Å². The van der Waals surface area contributed by atoms with Crippen LogP contribution in [-0.4, -0.2) is 23.0 Å². The molecule has 2 heterocycles. The molecule has 0 fully saturated rings. The first-order chi connectivity index (χ1) is 17.3. The molecule has 8 nitrogen and oxygen atoms in total. The summed E-state index contributed by atoms with van der Waals surface area (Å²) in [7, 11) is -3.96. The summed E-state index contributed by atoms with van der Waals surface area (Å²) in [5.74, 6) is 0.0671. The van der Waals surface area contributed by atoms with Crippen LogP contribution in [0, 0.1) is 0 Å². The predicted molar refractivity (Wildman–Crippen MR) is 140 cm³/mol. The molecule has 0 aliphatic rings. The number of hydrogen-bond donors (Lipinski definition) is 2. The van der Waals surface area contributed by atoms with Gasteiger partial charge in [-0.1, -0.05) is 66.2 Å². The minimum Gasteiger partial charge on any atom is -0.369 e. The number of hydrogen-bond acceptors (Lipinski definition) is 6. The maximum absolute atomic E-state index is 13.3. The van der Waals surface area contributed by atoms with Gasteiger partial charge in [-0.3, -0.25) is 4.79 Å². The zero-order chi connectivity index (χ0) is 25.3. The normalized spacial score (nSPS) is 11.6. The highest BCUT2D eigenvalue weighted by Gasteiger charge is 2.20. The van der Waals surface area contributed by atoms with E-state index in [9.17, 15) is 13.2 Å². The van der Waals surface area contributed by atoms with Crippen LogP contribution in [0.25, 0.3) is 27.7 Å². The number of nitrogens with two attached hydrogens (primary N) is 1. The molecule has 0 saturated heterocycles. The van der Waals surface area contributed by atoms with Gasteiger partial charge in [0.1, 0.15) is 10.0 Å². The van der Waals surface area contributed by atoms with E-state index in [1.165, 1.54) is 16.8 Å². The van der Waals surface area contributed by atoms with Crippen molar-refractivity contribution in [2.45, 2.75) is 11.4 Å². The van der Waals surface area contributed by atoms with Crippen molar-refractivity contribution in [2.75, 3.05) is 5.73 Å². The molecule has 180 valence electrons. The summed E-state index contributed by atoms with van der Waals surface area (Å²) in [4.78, 5) is 21.6. The number of rotatable bonds is 6. The lowest BCUT2D eigenvalue weighted by molar-refractivity contribution is 0.581. The van der Waals surface area contributed by atoms with E-state index in [0.717, 1.165) is 5.56 Å². The number of pyridine rings is 1. The molecule has 2 aromatic heterocycles. The second-order valence-corrected chi connectivity index (χ2v) is 10.1. The molecule has 3 aromatic carbocycles. The fraction of sp³-hybridized carbons (Fsp3) is 0.0385. The minimum atomic E-state index is -3.96.